The Kier molecular flexibility index (Phi) is 51.0. The van der Waals surface area contributed by atoms with E-state index in [2.05, 4.69) is 82.3 Å². The van der Waals surface area contributed by atoms with Crippen LogP contribution in [-0.4, -0.2) is 195 Å². The quantitative estimate of drug-likeness (QED) is 0.246. The summed E-state index contributed by atoms with van der Waals surface area (Å²) in [4.78, 5) is 30.8. The number of halogens is 6. The van der Waals surface area contributed by atoms with Crippen molar-refractivity contribution >= 4 is 71.4 Å². The topological polar surface area (TPSA) is 97.9 Å². The summed E-state index contributed by atoms with van der Waals surface area (Å²) in [7, 11) is 42.8. The van der Waals surface area contributed by atoms with E-state index < -0.39 is 26.0 Å². The van der Waals surface area contributed by atoms with Crippen LogP contribution in [0.1, 0.15) is 19.3 Å². The maximum absolute atomic E-state index is 8.36. The summed E-state index contributed by atoms with van der Waals surface area (Å²) in [5, 5.41) is 13.6. The number of rotatable bonds is 0. The van der Waals surface area contributed by atoms with E-state index in [-0.39, 0.29) is 6.47 Å². The first-order chi connectivity index (χ1) is 21.7. The minimum absolute atomic E-state index is 0.250. The molecule has 0 unspecified atom stereocenters. The number of carbonyl (C=O) groups is 2. The SMILES string of the molecule is C1CCNCCNCC1.C=O.CN1CCN(C)CCN(C)CC1.CN1CCN(C)CCN(C)CC1.O=CO.[Cl][Rh]([Cl])[Cl].[Cl][Rh]([Cl])[Cl]. The van der Waals surface area contributed by atoms with Gasteiger partial charge in [-0.15, -0.1) is 0 Å². The Bertz CT molecular complexity index is 482. The fraction of sp³-hybridized carbons (Fsp3) is 0.926. The van der Waals surface area contributed by atoms with Gasteiger partial charge in [-0.3, -0.25) is 4.79 Å². The molecule has 3 aliphatic rings. The minimum atomic E-state index is -1.66. The Balaban J connectivity index is -0.000000244. The van der Waals surface area contributed by atoms with Crippen molar-refractivity contribution < 1.29 is 40.7 Å². The zero-order valence-electron chi connectivity index (χ0n) is 28.6. The van der Waals surface area contributed by atoms with Crippen molar-refractivity contribution in [1.82, 2.24) is 40.0 Å². The molecular formula is C27H62Cl6N8O3Rh2. The average molecular weight is 965 g/mol. The Labute approximate surface area is 315 Å². The van der Waals surface area contributed by atoms with E-state index in [0.29, 0.717) is 0 Å². The first kappa shape index (κ1) is 54.6. The molecule has 0 aromatic rings. The Morgan fingerprint density at radius 1 is 0.478 bits per heavy atom. The fourth-order valence-corrected chi connectivity index (χ4v) is 3.82. The number of likely N-dealkylation sites (N-methyl/N-ethyl adjacent to an activating group) is 6. The predicted molar refractivity (Wildman–Crippen MR) is 196 cm³/mol. The molecule has 0 atom stereocenters. The molecule has 0 saturated carbocycles. The van der Waals surface area contributed by atoms with Crippen molar-refractivity contribution in [2.24, 2.45) is 0 Å². The molecule has 0 aliphatic carbocycles. The molecule has 46 heavy (non-hydrogen) atoms. The van der Waals surface area contributed by atoms with Gasteiger partial charge in [-0.25, -0.2) is 0 Å². The third-order valence-electron chi connectivity index (χ3n) is 6.87. The number of hydrogen-bond donors (Lipinski definition) is 3. The van der Waals surface area contributed by atoms with Crippen molar-refractivity contribution in [1.29, 1.82) is 0 Å². The first-order valence-corrected chi connectivity index (χ1v) is 27.6. The molecule has 3 aliphatic heterocycles. The van der Waals surface area contributed by atoms with Gasteiger partial charge < -0.3 is 49.9 Å². The molecule has 0 aromatic heterocycles. The third kappa shape index (κ3) is 55.2. The van der Waals surface area contributed by atoms with Crippen molar-refractivity contribution in [3.63, 3.8) is 0 Å². The molecule has 0 aromatic carbocycles. The van der Waals surface area contributed by atoms with Gasteiger partial charge in [-0.05, 0) is 68.2 Å². The zero-order valence-corrected chi connectivity index (χ0v) is 36.4. The summed E-state index contributed by atoms with van der Waals surface area (Å²) in [6.07, 6.45) is 4.07. The van der Waals surface area contributed by atoms with Crippen LogP contribution in [0.25, 0.3) is 0 Å². The van der Waals surface area contributed by atoms with Crippen LogP contribution in [-0.2, 0) is 35.5 Å². The van der Waals surface area contributed by atoms with E-state index in [0.717, 1.165) is 13.1 Å². The van der Waals surface area contributed by atoms with E-state index in [9.17, 15) is 0 Å². The average Bonchev–Trinajstić information content (AvgIpc) is 3.23. The van der Waals surface area contributed by atoms with Gasteiger partial charge >= 0.3 is 84.1 Å². The number of carboxylic acid groups (broad SMARTS) is 1. The van der Waals surface area contributed by atoms with Crippen LogP contribution in [0.2, 0.25) is 0 Å². The molecule has 0 spiro atoms. The normalized spacial score (nSPS) is 20.7. The fourth-order valence-electron chi connectivity index (χ4n) is 3.82. The Morgan fingerprint density at radius 3 is 0.783 bits per heavy atom. The van der Waals surface area contributed by atoms with Crippen molar-refractivity contribution in [2.75, 3.05) is 147 Å². The van der Waals surface area contributed by atoms with Crippen molar-refractivity contribution in [3.05, 3.63) is 0 Å². The summed E-state index contributed by atoms with van der Waals surface area (Å²) in [5.74, 6) is 0. The molecule has 0 radical (unpaired) electrons. The van der Waals surface area contributed by atoms with Crippen LogP contribution in [0.15, 0.2) is 0 Å². The standard InChI is InChI=1S/2C9H21N3.C7H16N2.CH2O2.CH2O.6ClH.2Rh/c2*1-10-4-6-11(2)8-9-12(3)7-5-10;1-2-4-8-6-7-9-5-3-1;2-1-3;1-2;;;;;;;;/h2*4-9H2,1-3H3;8-9H,1-7H2;1H,(H,2,3);1H2;6*1H;;/q;;;;;;;;;;;2*+3/p-6. The number of hydrogen-bond acceptors (Lipinski definition) is 10. The Morgan fingerprint density at radius 2 is 0.630 bits per heavy atom. The molecule has 3 rings (SSSR count). The molecular weight excluding hydrogens is 903 g/mol. The second kappa shape index (κ2) is 43.0. The van der Waals surface area contributed by atoms with Crippen LogP contribution < -0.4 is 10.6 Å². The first-order valence-electron chi connectivity index (χ1n) is 14.9. The molecule has 288 valence electrons. The number of nitrogens with zero attached hydrogens (tertiary/aromatic N) is 6. The summed E-state index contributed by atoms with van der Waals surface area (Å²) in [6.45, 7) is 20.8. The van der Waals surface area contributed by atoms with Gasteiger partial charge in [0.2, 0.25) is 0 Å². The molecule has 11 nitrogen and oxygen atoms in total. The van der Waals surface area contributed by atoms with Crippen molar-refractivity contribution in [2.45, 2.75) is 19.3 Å². The van der Waals surface area contributed by atoms with E-state index in [1.165, 1.54) is 111 Å². The maximum atomic E-state index is 8.36. The van der Waals surface area contributed by atoms with E-state index in [4.69, 9.17) is 72.8 Å². The van der Waals surface area contributed by atoms with Gasteiger partial charge in [0, 0.05) is 91.6 Å². The summed E-state index contributed by atoms with van der Waals surface area (Å²) in [6, 6.07) is 0. The van der Waals surface area contributed by atoms with Crippen LogP contribution >= 0.6 is 58.1 Å². The molecule has 3 fully saturated rings. The molecule has 3 saturated heterocycles. The monoisotopic (exact) mass is 962 g/mol. The second-order valence-corrected chi connectivity index (χ2v) is 25.7. The predicted octanol–water partition coefficient (Wildman–Crippen LogP) is 3.59. The van der Waals surface area contributed by atoms with Gasteiger partial charge in [0.05, 0.1) is 0 Å². The van der Waals surface area contributed by atoms with Gasteiger partial charge in [0.25, 0.3) is 6.47 Å². The van der Waals surface area contributed by atoms with Gasteiger partial charge in [-0.2, -0.15) is 0 Å². The molecule has 3 N–H and O–H groups in total. The van der Waals surface area contributed by atoms with Gasteiger partial charge in [0.1, 0.15) is 6.79 Å². The van der Waals surface area contributed by atoms with Crippen molar-refractivity contribution in [3.8, 4) is 0 Å². The molecule has 3 heterocycles. The zero-order chi connectivity index (χ0) is 36.2. The van der Waals surface area contributed by atoms with Crippen LogP contribution in [0.5, 0.6) is 0 Å². The number of nitrogens with one attached hydrogen (secondary N) is 2. The molecule has 19 heteroatoms. The van der Waals surface area contributed by atoms with Crippen LogP contribution in [0, 0.1) is 0 Å². The van der Waals surface area contributed by atoms with Gasteiger partial charge in [0.15, 0.2) is 0 Å². The Hall–Kier alpha value is 1.81. The third-order valence-corrected chi connectivity index (χ3v) is 6.87. The second-order valence-electron chi connectivity index (χ2n) is 10.8. The van der Waals surface area contributed by atoms with Crippen LogP contribution in [0.4, 0.5) is 0 Å². The van der Waals surface area contributed by atoms with E-state index >= 15 is 0 Å². The summed E-state index contributed by atoms with van der Waals surface area (Å²) in [5.41, 5.74) is 0. The number of carbonyl (C=O) groups excluding carboxylic acids is 1. The van der Waals surface area contributed by atoms with E-state index in [1.807, 2.05) is 6.79 Å². The summed E-state index contributed by atoms with van der Waals surface area (Å²) < 4.78 is 0. The van der Waals surface area contributed by atoms with Gasteiger partial charge in [-0.1, -0.05) is 6.42 Å². The molecule has 0 amide bonds. The molecule has 0 bridgehead atoms. The van der Waals surface area contributed by atoms with Crippen LogP contribution in [0.3, 0.4) is 0 Å². The van der Waals surface area contributed by atoms with E-state index in [1.54, 1.807) is 0 Å². The summed E-state index contributed by atoms with van der Waals surface area (Å²) >= 11 is -3.32.